The second-order valence-corrected chi connectivity index (χ2v) is 5.17. The van der Waals surface area contributed by atoms with Crippen LogP contribution in [0.1, 0.15) is 27.7 Å². The molecule has 0 amide bonds. The fourth-order valence-corrected chi connectivity index (χ4v) is 2.85. The van der Waals surface area contributed by atoms with Gasteiger partial charge in [0.25, 0.3) is 5.56 Å². The molecule has 0 aliphatic rings. The van der Waals surface area contributed by atoms with E-state index in [2.05, 4.69) is 0 Å². The van der Waals surface area contributed by atoms with Crippen molar-refractivity contribution in [2.45, 2.75) is 13.3 Å². The Morgan fingerprint density at radius 2 is 2.00 bits per heavy atom. The molecule has 0 bridgehead atoms. The maximum atomic E-state index is 12.4. The molecule has 0 atom stereocenters. The highest BCUT2D eigenvalue weighted by molar-refractivity contribution is 7.12. The van der Waals surface area contributed by atoms with Crippen LogP contribution in [-0.4, -0.2) is 14.9 Å². The molecule has 2 rings (SSSR count). The summed E-state index contributed by atoms with van der Waals surface area (Å²) >= 11 is 1.32. The highest BCUT2D eigenvalue weighted by atomic mass is 32.1. The van der Waals surface area contributed by atoms with Gasteiger partial charge in [0.05, 0.1) is 4.88 Å². The van der Waals surface area contributed by atoms with Crippen molar-refractivity contribution in [2.24, 2.45) is 14.1 Å². The topological polar surface area (TPSA) is 61.1 Å². The first-order chi connectivity index (χ1) is 8.97. The van der Waals surface area contributed by atoms with Crippen LogP contribution in [0.15, 0.2) is 27.2 Å². The summed E-state index contributed by atoms with van der Waals surface area (Å²) in [6, 6.07) is 1.88. The molecule has 2 aromatic heterocycles. The van der Waals surface area contributed by atoms with Crippen molar-refractivity contribution in [3.63, 3.8) is 0 Å². The number of hydrogen-bond acceptors (Lipinski definition) is 4. The Hall–Kier alpha value is -1.95. The van der Waals surface area contributed by atoms with Gasteiger partial charge in [-0.2, -0.15) is 0 Å². The maximum absolute atomic E-state index is 12.4. The predicted octanol–water partition coefficient (Wildman–Crippen LogP) is 0.939. The minimum absolute atomic E-state index is 0.0294. The van der Waals surface area contributed by atoms with Crippen LogP contribution in [-0.2, 0) is 20.5 Å². The number of thiophene rings is 1. The van der Waals surface area contributed by atoms with Gasteiger partial charge in [0.1, 0.15) is 5.56 Å². The maximum Gasteiger partial charge on any atom is 0.330 e. The Morgan fingerprint density at radius 1 is 1.32 bits per heavy atom. The molecule has 0 saturated carbocycles. The molecule has 0 spiro atoms. The van der Waals surface area contributed by atoms with E-state index in [9.17, 15) is 14.4 Å². The van der Waals surface area contributed by atoms with Crippen LogP contribution >= 0.6 is 11.3 Å². The molecular weight excluding hydrogens is 264 g/mol. The number of aryl methyl sites for hydroxylation is 2. The van der Waals surface area contributed by atoms with E-state index in [1.54, 1.807) is 0 Å². The summed E-state index contributed by atoms with van der Waals surface area (Å²) in [5, 5.41) is 1.83. The Balaban J connectivity index is 2.64. The van der Waals surface area contributed by atoms with Crippen molar-refractivity contribution in [2.75, 3.05) is 0 Å². The van der Waals surface area contributed by atoms with Crippen LogP contribution in [0, 0.1) is 0 Å². The van der Waals surface area contributed by atoms with E-state index < -0.39 is 11.2 Å². The van der Waals surface area contributed by atoms with Gasteiger partial charge in [-0.3, -0.25) is 14.2 Å². The van der Waals surface area contributed by atoms with Crippen LogP contribution in [0.2, 0.25) is 0 Å². The van der Waals surface area contributed by atoms with Gasteiger partial charge in [0.2, 0.25) is 5.78 Å². The highest BCUT2D eigenvalue weighted by Crippen LogP contribution is 2.19. The van der Waals surface area contributed by atoms with E-state index in [1.165, 1.54) is 36.2 Å². The second-order valence-electron chi connectivity index (χ2n) is 4.26. The second kappa shape index (κ2) is 4.97. The van der Waals surface area contributed by atoms with Gasteiger partial charge in [-0.15, -0.1) is 11.3 Å². The van der Waals surface area contributed by atoms with Crippen LogP contribution in [0.25, 0.3) is 0 Å². The largest absolute Gasteiger partial charge is 0.330 e. The fourth-order valence-electron chi connectivity index (χ4n) is 1.90. The van der Waals surface area contributed by atoms with E-state index in [1.807, 2.05) is 18.4 Å². The minimum atomic E-state index is -0.552. The Bertz CT molecular complexity index is 752. The average molecular weight is 278 g/mol. The minimum Gasteiger partial charge on any atom is -0.303 e. The molecule has 0 fully saturated rings. The number of hydrogen-bond donors (Lipinski definition) is 0. The molecule has 0 aromatic carbocycles. The molecule has 19 heavy (non-hydrogen) atoms. The number of ketones is 1. The lowest BCUT2D eigenvalue weighted by Gasteiger charge is -2.06. The van der Waals surface area contributed by atoms with Gasteiger partial charge in [-0.25, -0.2) is 4.79 Å². The van der Waals surface area contributed by atoms with Crippen molar-refractivity contribution in [3.05, 3.63) is 54.5 Å². The lowest BCUT2D eigenvalue weighted by atomic mass is 10.1. The van der Waals surface area contributed by atoms with Gasteiger partial charge in [0, 0.05) is 20.3 Å². The number of carbonyl (C=O) groups is 1. The molecule has 5 nitrogen and oxygen atoms in total. The Kier molecular flexibility index (Phi) is 3.53. The van der Waals surface area contributed by atoms with E-state index >= 15 is 0 Å². The van der Waals surface area contributed by atoms with Crippen LogP contribution < -0.4 is 11.2 Å². The number of aromatic nitrogens is 2. The normalized spacial score (nSPS) is 10.7. The molecule has 0 aliphatic carbocycles. The molecule has 0 radical (unpaired) electrons. The average Bonchev–Trinajstić information content (AvgIpc) is 2.88. The third kappa shape index (κ3) is 2.19. The quantitative estimate of drug-likeness (QED) is 0.785. The molecule has 0 unspecified atom stereocenters. The van der Waals surface area contributed by atoms with Gasteiger partial charge >= 0.3 is 5.69 Å². The van der Waals surface area contributed by atoms with E-state index in [0.29, 0.717) is 4.88 Å². The van der Waals surface area contributed by atoms with Gasteiger partial charge < -0.3 is 4.57 Å². The third-order valence-electron chi connectivity index (χ3n) is 3.02. The molecule has 0 saturated heterocycles. The Morgan fingerprint density at radius 3 is 2.63 bits per heavy atom. The lowest BCUT2D eigenvalue weighted by molar-refractivity contribution is 0.103. The molecule has 0 N–H and O–H groups in total. The van der Waals surface area contributed by atoms with Crippen molar-refractivity contribution < 1.29 is 4.79 Å². The number of nitrogens with zero attached hydrogens (tertiary/aromatic N) is 2. The zero-order valence-corrected chi connectivity index (χ0v) is 11.8. The summed E-state index contributed by atoms with van der Waals surface area (Å²) in [5.41, 5.74) is -0.0420. The number of carbonyl (C=O) groups excluding carboxylic acids is 1. The summed E-state index contributed by atoms with van der Waals surface area (Å²) in [4.78, 5) is 36.6. The van der Waals surface area contributed by atoms with Gasteiger partial charge in [-0.05, 0) is 23.4 Å². The van der Waals surface area contributed by atoms with Crippen molar-refractivity contribution in [1.29, 1.82) is 0 Å². The molecule has 6 heteroatoms. The monoisotopic (exact) mass is 278 g/mol. The van der Waals surface area contributed by atoms with Crippen LogP contribution in [0.4, 0.5) is 0 Å². The first-order valence-electron chi connectivity index (χ1n) is 5.85. The first kappa shape index (κ1) is 13.5. The molecule has 100 valence electrons. The van der Waals surface area contributed by atoms with Crippen molar-refractivity contribution >= 4 is 17.1 Å². The fraction of sp³-hybridized carbons (Fsp3) is 0.308. The third-order valence-corrected chi connectivity index (χ3v) is 3.98. The van der Waals surface area contributed by atoms with Crippen molar-refractivity contribution in [1.82, 2.24) is 9.13 Å². The summed E-state index contributed by atoms with van der Waals surface area (Å²) in [5.74, 6) is -0.317. The standard InChI is InChI=1S/C13H14N2O3S/c1-4-8-5-6-19-11(8)10(16)9-7-14(2)13(18)15(3)12(9)17/h5-7H,4H2,1-3H3. The van der Waals surface area contributed by atoms with Gasteiger partial charge in [-0.1, -0.05) is 6.92 Å². The van der Waals surface area contributed by atoms with Crippen LogP contribution in [0.5, 0.6) is 0 Å². The number of rotatable bonds is 3. The Labute approximate surface area is 113 Å². The van der Waals surface area contributed by atoms with Crippen molar-refractivity contribution in [3.8, 4) is 0 Å². The molecule has 2 heterocycles. The SMILES string of the molecule is CCc1ccsc1C(=O)c1cn(C)c(=O)n(C)c1=O. The van der Waals surface area contributed by atoms with E-state index in [-0.39, 0.29) is 11.3 Å². The molecule has 2 aromatic rings. The summed E-state index contributed by atoms with van der Waals surface area (Å²) in [7, 11) is 2.89. The first-order valence-corrected chi connectivity index (χ1v) is 6.73. The smallest absolute Gasteiger partial charge is 0.303 e. The lowest BCUT2D eigenvalue weighted by Crippen LogP contribution is -2.39. The summed E-state index contributed by atoms with van der Waals surface area (Å²) in [6.07, 6.45) is 2.04. The van der Waals surface area contributed by atoms with Gasteiger partial charge in [0.15, 0.2) is 0 Å². The zero-order chi connectivity index (χ0) is 14.2. The van der Waals surface area contributed by atoms with Crippen LogP contribution in [0.3, 0.4) is 0 Å². The zero-order valence-electron chi connectivity index (χ0n) is 11.0. The predicted molar refractivity (Wildman–Crippen MR) is 74.1 cm³/mol. The van der Waals surface area contributed by atoms with E-state index in [4.69, 9.17) is 0 Å². The molecular formula is C13H14N2O3S. The van der Waals surface area contributed by atoms with E-state index in [0.717, 1.165) is 16.6 Å². The summed E-state index contributed by atoms with van der Waals surface area (Å²) < 4.78 is 2.19. The highest BCUT2D eigenvalue weighted by Gasteiger charge is 2.19. The molecule has 0 aliphatic heterocycles. The summed E-state index contributed by atoms with van der Waals surface area (Å²) in [6.45, 7) is 1.96.